The summed E-state index contributed by atoms with van der Waals surface area (Å²) in [6.07, 6.45) is 1.51. The summed E-state index contributed by atoms with van der Waals surface area (Å²) in [7, 11) is -0.442. The maximum Gasteiger partial charge on any atom is 0.278 e. The molecule has 8 heteroatoms. The zero-order chi connectivity index (χ0) is 16.5. The molecular formula is C15H22N2O5S. The normalized spacial score (nSPS) is 20.0. The van der Waals surface area contributed by atoms with Crippen molar-refractivity contribution in [3.8, 4) is 11.5 Å². The van der Waals surface area contributed by atoms with Crippen molar-refractivity contribution < 1.29 is 22.6 Å². The second kappa shape index (κ2) is 6.27. The highest BCUT2D eigenvalue weighted by molar-refractivity contribution is 7.87. The molecule has 2 aliphatic rings. The van der Waals surface area contributed by atoms with E-state index in [0.717, 1.165) is 24.2 Å². The Kier molecular flexibility index (Phi) is 4.50. The van der Waals surface area contributed by atoms with Gasteiger partial charge >= 0.3 is 0 Å². The average Bonchev–Trinajstić information content (AvgIpc) is 3.01. The zero-order valence-electron chi connectivity index (χ0n) is 13.4. The summed E-state index contributed by atoms with van der Waals surface area (Å²) in [5.74, 6) is 1.44. The summed E-state index contributed by atoms with van der Waals surface area (Å²) >= 11 is 0. The molecule has 0 bridgehead atoms. The molecule has 1 saturated heterocycles. The molecule has 1 fully saturated rings. The largest absolute Gasteiger partial charge is 0.454 e. The zero-order valence-corrected chi connectivity index (χ0v) is 14.2. The molecule has 1 N–H and O–H groups in total. The predicted molar refractivity (Wildman–Crippen MR) is 84.9 cm³/mol. The van der Waals surface area contributed by atoms with Gasteiger partial charge in [0.25, 0.3) is 10.2 Å². The van der Waals surface area contributed by atoms with Gasteiger partial charge in [0.15, 0.2) is 11.5 Å². The van der Waals surface area contributed by atoms with Crippen molar-refractivity contribution >= 4 is 10.2 Å². The van der Waals surface area contributed by atoms with Crippen LogP contribution in [0.4, 0.5) is 0 Å². The van der Waals surface area contributed by atoms with Crippen LogP contribution in [-0.2, 0) is 20.4 Å². The van der Waals surface area contributed by atoms with Gasteiger partial charge in [-0.25, -0.2) is 4.72 Å². The van der Waals surface area contributed by atoms with E-state index in [4.69, 9.17) is 14.2 Å². The lowest BCUT2D eigenvalue weighted by molar-refractivity contribution is 0.0515. The van der Waals surface area contributed by atoms with Crippen molar-refractivity contribution in [1.29, 1.82) is 0 Å². The van der Waals surface area contributed by atoms with Gasteiger partial charge in [-0.1, -0.05) is 6.07 Å². The summed E-state index contributed by atoms with van der Waals surface area (Å²) in [6, 6.07) is 5.83. The average molecular weight is 342 g/mol. The third-order valence-electron chi connectivity index (χ3n) is 4.51. The highest BCUT2D eigenvalue weighted by Crippen LogP contribution is 2.40. The molecule has 128 valence electrons. The Morgan fingerprint density at radius 2 is 1.87 bits per heavy atom. The molecule has 1 aromatic carbocycles. The molecule has 0 radical (unpaired) electrons. The van der Waals surface area contributed by atoms with Gasteiger partial charge in [-0.3, -0.25) is 0 Å². The maximum atomic E-state index is 12.1. The van der Waals surface area contributed by atoms with Crippen molar-refractivity contribution in [2.45, 2.75) is 18.3 Å². The molecule has 2 heterocycles. The van der Waals surface area contributed by atoms with Gasteiger partial charge in [-0.2, -0.15) is 12.7 Å². The fraction of sp³-hybridized carbons (Fsp3) is 0.600. The number of rotatable bonds is 5. The van der Waals surface area contributed by atoms with E-state index in [2.05, 4.69) is 4.72 Å². The lowest BCUT2D eigenvalue weighted by Gasteiger charge is -2.38. The number of nitrogens with zero attached hydrogens (tertiary/aromatic N) is 1. The van der Waals surface area contributed by atoms with Crippen LogP contribution >= 0.6 is 0 Å². The van der Waals surface area contributed by atoms with Crippen LogP contribution in [0.3, 0.4) is 0 Å². The highest BCUT2D eigenvalue weighted by Gasteiger charge is 2.37. The fourth-order valence-corrected chi connectivity index (χ4v) is 3.63. The molecule has 0 atom stereocenters. The van der Waals surface area contributed by atoms with E-state index in [1.165, 1.54) is 18.4 Å². The molecule has 0 unspecified atom stereocenters. The summed E-state index contributed by atoms with van der Waals surface area (Å²) in [6.45, 7) is 1.77. The third kappa shape index (κ3) is 3.30. The number of hydrogen-bond acceptors (Lipinski definition) is 5. The Bertz CT molecular complexity index is 668. The highest BCUT2D eigenvalue weighted by atomic mass is 32.2. The molecule has 7 nitrogen and oxygen atoms in total. The molecular weight excluding hydrogens is 320 g/mol. The maximum absolute atomic E-state index is 12.1. The molecule has 1 aromatic rings. The van der Waals surface area contributed by atoms with Crippen molar-refractivity contribution in [2.75, 3.05) is 40.6 Å². The lowest BCUT2D eigenvalue weighted by Crippen LogP contribution is -2.47. The van der Waals surface area contributed by atoms with Crippen LogP contribution in [0.15, 0.2) is 18.2 Å². The van der Waals surface area contributed by atoms with Gasteiger partial charge in [0, 0.05) is 39.3 Å². The molecule has 2 aliphatic heterocycles. The Hall–Kier alpha value is -1.35. The van der Waals surface area contributed by atoms with Gasteiger partial charge in [0.05, 0.1) is 0 Å². The van der Waals surface area contributed by atoms with Crippen molar-refractivity contribution in [3.05, 3.63) is 23.8 Å². The second-order valence-corrected chi connectivity index (χ2v) is 8.04. The first-order chi connectivity index (χ1) is 10.9. The predicted octanol–water partition coefficient (Wildman–Crippen LogP) is 0.860. The third-order valence-corrected chi connectivity index (χ3v) is 5.98. The number of ether oxygens (including phenoxy) is 3. The minimum Gasteiger partial charge on any atom is -0.454 e. The molecule has 0 amide bonds. The van der Waals surface area contributed by atoms with Gasteiger partial charge in [0.1, 0.15) is 0 Å². The molecule has 23 heavy (non-hydrogen) atoms. The van der Waals surface area contributed by atoms with E-state index < -0.39 is 10.2 Å². The number of nitrogens with one attached hydrogen (secondary N) is 1. The molecule has 0 spiro atoms. The van der Waals surface area contributed by atoms with E-state index in [0.29, 0.717) is 25.5 Å². The van der Waals surface area contributed by atoms with E-state index >= 15 is 0 Å². The van der Waals surface area contributed by atoms with E-state index in [1.807, 2.05) is 18.2 Å². The summed E-state index contributed by atoms with van der Waals surface area (Å²) < 4.78 is 44.3. The number of fused-ring (bicyclic) bond motifs is 1. The number of hydrogen-bond donors (Lipinski definition) is 1. The fourth-order valence-electron chi connectivity index (χ4n) is 2.91. The molecule has 3 rings (SSSR count). The summed E-state index contributed by atoms with van der Waals surface area (Å²) in [4.78, 5) is 0. The van der Waals surface area contributed by atoms with Crippen LogP contribution in [0.2, 0.25) is 0 Å². The second-order valence-electron chi connectivity index (χ2n) is 6.07. The summed E-state index contributed by atoms with van der Waals surface area (Å²) in [5.41, 5.74) is 0.744. The van der Waals surface area contributed by atoms with E-state index in [-0.39, 0.29) is 12.2 Å². The number of benzene rings is 1. The van der Waals surface area contributed by atoms with Crippen LogP contribution < -0.4 is 14.2 Å². The van der Waals surface area contributed by atoms with E-state index in [9.17, 15) is 8.42 Å². The topological polar surface area (TPSA) is 77.1 Å². The monoisotopic (exact) mass is 342 g/mol. The van der Waals surface area contributed by atoms with Crippen LogP contribution in [0.25, 0.3) is 0 Å². The van der Waals surface area contributed by atoms with Crippen LogP contribution in [-0.4, -0.2) is 53.4 Å². The Labute approximate surface area is 136 Å². The van der Waals surface area contributed by atoms with Gasteiger partial charge < -0.3 is 14.2 Å². The minimum absolute atomic E-state index is 0.224. The smallest absolute Gasteiger partial charge is 0.278 e. The SMILES string of the molecule is CN(C)S(=O)(=O)NCC1(c2ccc3c(c2)OCO3)CCOCC1. The molecule has 0 saturated carbocycles. The first-order valence-corrected chi connectivity index (χ1v) is 9.02. The lowest BCUT2D eigenvalue weighted by atomic mass is 9.74. The Balaban J connectivity index is 1.88. The van der Waals surface area contributed by atoms with Crippen molar-refractivity contribution in [3.63, 3.8) is 0 Å². The molecule has 0 aliphatic carbocycles. The first kappa shape index (κ1) is 16.5. The van der Waals surface area contributed by atoms with Crippen LogP contribution in [0.5, 0.6) is 11.5 Å². The van der Waals surface area contributed by atoms with Crippen molar-refractivity contribution in [1.82, 2.24) is 9.03 Å². The van der Waals surface area contributed by atoms with Gasteiger partial charge in [-0.05, 0) is 30.5 Å². The van der Waals surface area contributed by atoms with E-state index in [1.54, 1.807) is 0 Å². The van der Waals surface area contributed by atoms with Gasteiger partial charge in [0.2, 0.25) is 6.79 Å². The minimum atomic E-state index is -3.47. The van der Waals surface area contributed by atoms with Gasteiger partial charge in [-0.15, -0.1) is 0 Å². The van der Waals surface area contributed by atoms with Crippen molar-refractivity contribution in [2.24, 2.45) is 0 Å². The Morgan fingerprint density at radius 3 is 2.57 bits per heavy atom. The summed E-state index contributed by atoms with van der Waals surface area (Å²) in [5, 5.41) is 0. The first-order valence-electron chi connectivity index (χ1n) is 7.58. The Morgan fingerprint density at radius 1 is 1.17 bits per heavy atom. The van der Waals surface area contributed by atoms with Crippen LogP contribution in [0.1, 0.15) is 18.4 Å². The standard InChI is InChI=1S/C15H22N2O5S/c1-17(2)23(18,19)16-10-15(5-7-20-8-6-15)12-3-4-13-14(9-12)22-11-21-13/h3-4,9,16H,5-8,10-11H2,1-2H3. The molecule has 0 aromatic heterocycles. The quantitative estimate of drug-likeness (QED) is 0.859. The van der Waals surface area contributed by atoms with Crippen LogP contribution in [0, 0.1) is 0 Å².